The van der Waals surface area contributed by atoms with Gasteiger partial charge in [-0.05, 0) is 74.6 Å². The van der Waals surface area contributed by atoms with E-state index in [4.69, 9.17) is 75.3 Å². The van der Waals surface area contributed by atoms with Crippen LogP contribution in [0.15, 0.2) is 36.4 Å². The maximum atomic E-state index is 5.41. The number of quaternary nitrogens is 2. The summed E-state index contributed by atoms with van der Waals surface area (Å²) in [6.07, 6.45) is 14.0. The van der Waals surface area contributed by atoms with Gasteiger partial charge in [0, 0.05) is 19.8 Å². The van der Waals surface area contributed by atoms with Crippen molar-refractivity contribution in [2.75, 3.05) is 0 Å². The van der Waals surface area contributed by atoms with Gasteiger partial charge in [-0.1, -0.05) is 77.6 Å². The van der Waals surface area contributed by atoms with E-state index in [2.05, 4.69) is 64.1 Å². The van der Waals surface area contributed by atoms with E-state index in [1.54, 1.807) is 0 Å². The first-order valence-corrected chi connectivity index (χ1v) is 16.4. The van der Waals surface area contributed by atoms with E-state index in [0.29, 0.717) is 17.3 Å². The average Bonchev–Trinajstić information content (AvgIpc) is 2.92. The van der Waals surface area contributed by atoms with Gasteiger partial charge in [0.15, 0.2) is 0 Å². The second-order valence-corrected chi connectivity index (χ2v) is 12.5. The molecule has 0 saturated heterocycles. The van der Waals surface area contributed by atoms with Crippen LogP contribution in [-0.2, 0) is 96.0 Å². The molecule has 39 heavy (non-hydrogen) atoms. The Hall–Kier alpha value is 0.303. The molecule has 0 fully saturated rings. The molecular weight excluding hydrogens is 646 g/mol. The van der Waals surface area contributed by atoms with E-state index in [-0.39, 0.29) is 19.5 Å². The Morgan fingerprint density at radius 1 is 0.590 bits per heavy atom. The molecule has 0 bridgehead atoms. The van der Waals surface area contributed by atoms with Crippen LogP contribution in [0.2, 0.25) is 0 Å². The Labute approximate surface area is 284 Å². The van der Waals surface area contributed by atoms with Crippen LogP contribution in [0, 0.1) is 0 Å². The topological polar surface area (TPSA) is 8.88 Å². The molecule has 0 aliphatic rings. The van der Waals surface area contributed by atoms with Crippen LogP contribution in [0.3, 0.4) is 0 Å². The quantitative estimate of drug-likeness (QED) is 0.135. The van der Waals surface area contributed by atoms with Gasteiger partial charge in [-0.25, -0.2) is 0 Å². The van der Waals surface area contributed by atoms with Gasteiger partial charge in [-0.3, -0.25) is 0 Å². The van der Waals surface area contributed by atoms with Gasteiger partial charge in [0.25, 0.3) is 0 Å². The molecule has 2 unspecified atom stereocenters. The largest absolute Gasteiger partial charge is 2.00 e. The van der Waals surface area contributed by atoms with Gasteiger partial charge in [0.05, 0.1) is 0 Å². The summed E-state index contributed by atoms with van der Waals surface area (Å²) < 4.78 is 2.18. The van der Waals surface area contributed by atoms with Crippen molar-refractivity contribution >= 4 is 95.3 Å². The van der Waals surface area contributed by atoms with Gasteiger partial charge in [0.1, 0.15) is 11.4 Å². The third kappa shape index (κ3) is 13.9. The zero-order valence-corrected chi connectivity index (χ0v) is 32.0. The standard InChI is InChI=1S/2C15H23NS3.Zn/c2*1-3-5-8-12-9-7-11-14(16(19)15(17)18)13(12)10-6-4-2;/h2*7,9,11,16H,3-6,8,10H2,1-2H3,(H,17,18);/q;;+2/p-2. The molecule has 9 heteroatoms. The molecule has 0 spiro atoms. The molecule has 2 aromatic carbocycles. The van der Waals surface area contributed by atoms with Crippen LogP contribution in [0.5, 0.6) is 0 Å². The third-order valence-corrected chi connectivity index (χ3v) is 8.75. The van der Waals surface area contributed by atoms with Crippen LogP contribution in [0.1, 0.15) is 101 Å². The molecule has 2 rings (SSSR count). The van der Waals surface area contributed by atoms with Crippen molar-refractivity contribution in [3.05, 3.63) is 58.7 Å². The maximum Gasteiger partial charge on any atom is 2.00 e. The smallest absolute Gasteiger partial charge is 0.485 e. The third-order valence-electron chi connectivity index (χ3n) is 6.57. The molecule has 0 radical (unpaired) electrons. The SMILES string of the molecule is CCCCc1cccc([NH+]([S-])C(=S)[S-])c1CCCC.CCCCc1cccc([NH+]([S-])C(=S)[S-])c1CCCC.[Zn+2]. The van der Waals surface area contributed by atoms with Crippen LogP contribution >= 0.6 is 24.4 Å². The fourth-order valence-electron chi connectivity index (χ4n) is 4.42. The zero-order chi connectivity index (χ0) is 28.5. The van der Waals surface area contributed by atoms with Gasteiger partial charge in [-0.15, -0.1) is 0 Å². The van der Waals surface area contributed by atoms with E-state index in [0.717, 1.165) is 37.1 Å². The first kappa shape index (κ1) is 39.3. The Bertz CT molecular complexity index is 922. The number of unbranched alkanes of at least 4 members (excludes halogenated alkanes) is 4. The minimum absolute atomic E-state index is 0. The Kier molecular flexibility index (Phi) is 23.0. The number of rotatable bonds is 14. The zero-order valence-electron chi connectivity index (χ0n) is 24.1. The van der Waals surface area contributed by atoms with Crippen molar-refractivity contribution in [3.63, 3.8) is 0 Å². The fourth-order valence-corrected chi connectivity index (χ4v) is 5.24. The molecular formula is C30H44N2S6Zn. The van der Waals surface area contributed by atoms with E-state index in [1.165, 1.54) is 73.6 Å². The summed E-state index contributed by atoms with van der Waals surface area (Å²) >= 11 is 31.1. The number of hydrogen-bond acceptors (Lipinski definition) is 6. The summed E-state index contributed by atoms with van der Waals surface area (Å²) in [4.78, 5) is 0. The summed E-state index contributed by atoms with van der Waals surface area (Å²) in [5, 5.41) is 0. The summed E-state index contributed by atoms with van der Waals surface area (Å²) in [5.41, 5.74) is 7.77. The van der Waals surface area contributed by atoms with Crippen molar-refractivity contribution in [3.8, 4) is 0 Å². The van der Waals surface area contributed by atoms with Gasteiger partial charge in [-0.2, -0.15) is 0 Å². The average molecular weight is 690 g/mol. The number of hydrogen-bond donors (Lipinski definition) is 2. The molecule has 0 aromatic heterocycles. The van der Waals surface area contributed by atoms with E-state index in [1.807, 2.05) is 0 Å². The molecule has 2 aromatic rings. The van der Waals surface area contributed by atoms with E-state index >= 15 is 0 Å². The van der Waals surface area contributed by atoms with Crippen molar-refractivity contribution in [2.24, 2.45) is 0 Å². The van der Waals surface area contributed by atoms with Crippen LogP contribution in [-0.4, -0.2) is 8.64 Å². The summed E-state index contributed by atoms with van der Waals surface area (Å²) in [5.74, 6) is 0. The van der Waals surface area contributed by atoms with Gasteiger partial charge >= 0.3 is 19.5 Å². The molecule has 2 N–H and O–H groups in total. The summed E-state index contributed by atoms with van der Waals surface area (Å²) in [6.45, 7) is 8.87. The Morgan fingerprint density at radius 3 is 1.18 bits per heavy atom. The maximum absolute atomic E-state index is 5.41. The van der Waals surface area contributed by atoms with Gasteiger partial charge in [0.2, 0.25) is 0 Å². The molecule has 2 atom stereocenters. The number of nitrogens with one attached hydrogen (secondary N) is 2. The Morgan fingerprint density at radius 2 is 0.897 bits per heavy atom. The van der Waals surface area contributed by atoms with Crippen molar-refractivity contribution < 1.29 is 28.1 Å². The number of benzene rings is 2. The Balaban J connectivity index is 0.000000722. The second-order valence-electron chi connectivity index (χ2n) is 9.53. The predicted octanol–water partition coefficient (Wildman–Crippen LogP) is 6.36. The molecule has 212 valence electrons. The summed E-state index contributed by atoms with van der Waals surface area (Å²) in [7, 11) is 0. The van der Waals surface area contributed by atoms with Crippen LogP contribution in [0.25, 0.3) is 0 Å². The first-order chi connectivity index (χ1) is 18.2. The summed E-state index contributed by atoms with van der Waals surface area (Å²) in [6, 6.07) is 12.7. The predicted molar refractivity (Wildman–Crippen MR) is 183 cm³/mol. The molecule has 0 heterocycles. The van der Waals surface area contributed by atoms with Gasteiger partial charge < -0.3 is 83.9 Å². The first-order valence-electron chi connectivity index (χ1n) is 14.0. The molecule has 0 aliphatic heterocycles. The normalized spacial score (nSPS) is 12.1. The number of thiocarbonyl (C=S) groups is 2. The molecule has 0 aliphatic carbocycles. The van der Waals surface area contributed by atoms with Crippen LogP contribution < -0.4 is 8.61 Å². The second kappa shape index (κ2) is 22.8. The van der Waals surface area contributed by atoms with Crippen LogP contribution in [0.4, 0.5) is 11.4 Å². The number of aryl methyl sites for hydroxylation is 2. The van der Waals surface area contributed by atoms with Crippen molar-refractivity contribution in [1.29, 1.82) is 0 Å². The minimum atomic E-state index is 0. The monoisotopic (exact) mass is 688 g/mol. The molecule has 0 saturated carbocycles. The fraction of sp³-hybridized carbons (Fsp3) is 0.533. The van der Waals surface area contributed by atoms with Crippen molar-refractivity contribution in [2.45, 2.75) is 105 Å². The molecule has 2 nitrogen and oxygen atoms in total. The van der Waals surface area contributed by atoms with E-state index in [9.17, 15) is 0 Å². The minimum Gasteiger partial charge on any atom is -0.485 e. The molecule has 0 amide bonds. The van der Waals surface area contributed by atoms with Crippen molar-refractivity contribution in [1.82, 2.24) is 0 Å². The van der Waals surface area contributed by atoms with E-state index < -0.39 is 0 Å².